The van der Waals surface area contributed by atoms with Crippen molar-refractivity contribution in [3.63, 3.8) is 0 Å². The highest BCUT2D eigenvalue weighted by molar-refractivity contribution is 7.98. The molecule has 0 aliphatic heterocycles. The number of aromatic nitrogens is 2. The van der Waals surface area contributed by atoms with Crippen LogP contribution in [-0.4, -0.2) is 29.0 Å². The van der Waals surface area contributed by atoms with Crippen molar-refractivity contribution in [2.24, 2.45) is 0 Å². The number of hydrogen-bond acceptors (Lipinski definition) is 6. The van der Waals surface area contributed by atoms with E-state index in [9.17, 15) is 4.79 Å². The van der Waals surface area contributed by atoms with Gasteiger partial charge in [0.1, 0.15) is 5.75 Å². The van der Waals surface area contributed by atoms with Crippen molar-refractivity contribution < 1.29 is 13.9 Å². The van der Waals surface area contributed by atoms with Crippen LogP contribution in [0.2, 0.25) is 0 Å². The SMILES string of the molecule is CSc1ccccc1-c1nnc(NC(=O)CCOc2ccccc2)o1. The van der Waals surface area contributed by atoms with E-state index in [0.717, 1.165) is 16.2 Å². The molecular weight excluding hydrogens is 338 g/mol. The van der Waals surface area contributed by atoms with E-state index >= 15 is 0 Å². The molecule has 128 valence electrons. The van der Waals surface area contributed by atoms with Crippen LogP contribution in [0.25, 0.3) is 11.5 Å². The lowest BCUT2D eigenvalue weighted by Gasteiger charge is -2.05. The standard InChI is InChI=1S/C18H17N3O3S/c1-25-15-10-6-5-9-14(15)17-20-21-18(24-17)19-16(22)11-12-23-13-7-3-2-4-8-13/h2-10H,11-12H2,1H3,(H,19,21,22). The second-order valence-corrected chi connectivity index (χ2v) is 5.92. The predicted octanol–water partition coefficient (Wildman–Crippen LogP) is 3.87. The van der Waals surface area contributed by atoms with Gasteiger partial charge in [-0.3, -0.25) is 10.1 Å². The highest BCUT2D eigenvalue weighted by Crippen LogP contribution is 2.29. The quantitative estimate of drug-likeness (QED) is 0.648. The average molecular weight is 355 g/mol. The fraction of sp³-hybridized carbons (Fsp3) is 0.167. The summed E-state index contributed by atoms with van der Waals surface area (Å²) in [5.41, 5.74) is 0.843. The smallest absolute Gasteiger partial charge is 0.322 e. The monoisotopic (exact) mass is 355 g/mol. The highest BCUT2D eigenvalue weighted by atomic mass is 32.2. The first kappa shape index (κ1) is 17.0. The third-order valence-corrected chi connectivity index (χ3v) is 4.15. The number of rotatable bonds is 7. The Balaban J connectivity index is 1.55. The summed E-state index contributed by atoms with van der Waals surface area (Å²) in [6.45, 7) is 0.270. The molecule has 0 radical (unpaired) electrons. The molecule has 1 amide bonds. The van der Waals surface area contributed by atoms with Gasteiger partial charge < -0.3 is 9.15 Å². The maximum Gasteiger partial charge on any atom is 0.322 e. The second-order valence-electron chi connectivity index (χ2n) is 5.07. The van der Waals surface area contributed by atoms with Gasteiger partial charge in [0, 0.05) is 4.90 Å². The van der Waals surface area contributed by atoms with Gasteiger partial charge in [0.25, 0.3) is 5.89 Å². The Labute approximate surface area is 149 Å². The predicted molar refractivity (Wildman–Crippen MR) is 96.7 cm³/mol. The van der Waals surface area contributed by atoms with Crippen LogP contribution >= 0.6 is 11.8 Å². The molecule has 0 saturated carbocycles. The number of thioether (sulfide) groups is 1. The van der Waals surface area contributed by atoms with Crippen LogP contribution in [0.1, 0.15) is 6.42 Å². The first-order valence-corrected chi connectivity index (χ1v) is 8.93. The lowest BCUT2D eigenvalue weighted by Crippen LogP contribution is -2.15. The number of carbonyl (C=O) groups excluding carboxylic acids is 1. The summed E-state index contributed by atoms with van der Waals surface area (Å²) in [5, 5.41) is 10.5. The van der Waals surface area contributed by atoms with E-state index in [1.54, 1.807) is 11.8 Å². The van der Waals surface area contributed by atoms with Crippen molar-refractivity contribution in [3.05, 3.63) is 54.6 Å². The molecule has 0 aliphatic carbocycles. The van der Waals surface area contributed by atoms with Gasteiger partial charge in [0.2, 0.25) is 5.91 Å². The summed E-state index contributed by atoms with van der Waals surface area (Å²) < 4.78 is 11.0. The van der Waals surface area contributed by atoms with E-state index in [1.807, 2.05) is 60.9 Å². The Morgan fingerprint density at radius 2 is 1.88 bits per heavy atom. The highest BCUT2D eigenvalue weighted by Gasteiger charge is 2.13. The van der Waals surface area contributed by atoms with E-state index in [4.69, 9.17) is 9.15 Å². The number of carbonyl (C=O) groups is 1. The van der Waals surface area contributed by atoms with Crippen molar-refractivity contribution in [1.29, 1.82) is 0 Å². The van der Waals surface area contributed by atoms with Crippen molar-refractivity contribution in [2.75, 3.05) is 18.2 Å². The Hall–Kier alpha value is -2.80. The van der Waals surface area contributed by atoms with Crippen molar-refractivity contribution in [2.45, 2.75) is 11.3 Å². The zero-order chi connectivity index (χ0) is 17.5. The molecule has 0 atom stereocenters. The van der Waals surface area contributed by atoms with E-state index in [1.165, 1.54) is 0 Å². The van der Waals surface area contributed by atoms with E-state index in [2.05, 4.69) is 15.5 Å². The van der Waals surface area contributed by atoms with Gasteiger partial charge in [0.05, 0.1) is 18.6 Å². The molecule has 6 nitrogen and oxygen atoms in total. The number of benzene rings is 2. The zero-order valence-corrected chi connectivity index (χ0v) is 14.5. The molecule has 0 spiro atoms. The first-order chi connectivity index (χ1) is 12.3. The molecule has 0 bridgehead atoms. The molecule has 0 saturated heterocycles. The minimum absolute atomic E-state index is 0.0793. The van der Waals surface area contributed by atoms with Crippen LogP contribution in [0, 0.1) is 0 Å². The number of anilines is 1. The van der Waals surface area contributed by atoms with E-state index in [0.29, 0.717) is 5.89 Å². The van der Waals surface area contributed by atoms with E-state index < -0.39 is 0 Å². The molecule has 0 fully saturated rings. The molecule has 7 heteroatoms. The topological polar surface area (TPSA) is 77.2 Å². The van der Waals surface area contributed by atoms with Gasteiger partial charge in [-0.25, -0.2) is 0 Å². The molecule has 0 unspecified atom stereocenters. The van der Waals surface area contributed by atoms with Gasteiger partial charge in [-0.15, -0.1) is 16.9 Å². The molecule has 1 N–H and O–H groups in total. The summed E-state index contributed by atoms with van der Waals surface area (Å²) in [7, 11) is 0. The van der Waals surface area contributed by atoms with Crippen LogP contribution in [0.15, 0.2) is 63.9 Å². The lowest BCUT2D eigenvalue weighted by atomic mass is 10.2. The summed E-state index contributed by atoms with van der Waals surface area (Å²) in [6, 6.07) is 17.1. The summed E-state index contributed by atoms with van der Waals surface area (Å²) in [4.78, 5) is 13.0. The largest absolute Gasteiger partial charge is 0.493 e. The molecule has 0 aliphatic rings. The van der Waals surface area contributed by atoms with Crippen LogP contribution in [0.4, 0.5) is 6.01 Å². The second kappa shape index (κ2) is 8.34. The average Bonchev–Trinajstić information content (AvgIpc) is 3.10. The molecule has 1 heterocycles. The molecule has 2 aromatic carbocycles. The minimum atomic E-state index is -0.246. The third kappa shape index (κ3) is 4.60. The Bertz CT molecular complexity index is 836. The van der Waals surface area contributed by atoms with Gasteiger partial charge in [-0.1, -0.05) is 35.4 Å². The number of para-hydroxylation sites is 1. The van der Waals surface area contributed by atoms with Gasteiger partial charge in [-0.05, 0) is 30.5 Å². The molecule has 25 heavy (non-hydrogen) atoms. The van der Waals surface area contributed by atoms with Crippen molar-refractivity contribution in [3.8, 4) is 17.2 Å². The number of ether oxygens (including phenoxy) is 1. The van der Waals surface area contributed by atoms with Gasteiger partial charge in [0.15, 0.2) is 0 Å². The molecule has 3 aromatic rings. The van der Waals surface area contributed by atoms with Crippen molar-refractivity contribution in [1.82, 2.24) is 10.2 Å². The maximum absolute atomic E-state index is 11.9. The number of hydrogen-bond donors (Lipinski definition) is 1. The summed E-state index contributed by atoms with van der Waals surface area (Å²) in [6.07, 6.45) is 2.17. The summed E-state index contributed by atoms with van der Waals surface area (Å²) >= 11 is 1.59. The lowest BCUT2D eigenvalue weighted by molar-refractivity contribution is -0.116. The van der Waals surface area contributed by atoms with Crippen LogP contribution < -0.4 is 10.1 Å². The normalized spacial score (nSPS) is 10.4. The van der Waals surface area contributed by atoms with Crippen LogP contribution in [0.3, 0.4) is 0 Å². The number of amides is 1. The van der Waals surface area contributed by atoms with Gasteiger partial charge >= 0.3 is 6.01 Å². The molecular formula is C18H17N3O3S. The minimum Gasteiger partial charge on any atom is -0.493 e. The number of nitrogens with zero attached hydrogens (tertiary/aromatic N) is 2. The summed E-state index contributed by atoms with van der Waals surface area (Å²) in [5.74, 6) is 0.856. The third-order valence-electron chi connectivity index (χ3n) is 3.35. The van der Waals surface area contributed by atoms with Crippen LogP contribution in [-0.2, 0) is 4.79 Å². The fourth-order valence-electron chi connectivity index (χ4n) is 2.16. The molecule has 1 aromatic heterocycles. The van der Waals surface area contributed by atoms with Crippen LogP contribution in [0.5, 0.6) is 5.75 Å². The zero-order valence-electron chi connectivity index (χ0n) is 13.6. The number of nitrogens with one attached hydrogen (secondary N) is 1. The first-order valence-electron chi connectivity index (χ1n) is 7.71. The molecule has 3 rings (SSSR count). The Morgan fingerprint density at radius 3 is 2.68 bits per heavy atom. The maximum atomic E-state index is 11.9. The van der Waals surface area contributed by atoms with Crippen molar-refractivity contribution >= 4 is 23.7 Å². The van der Waals surface area contributed by atoms with E-state index in [-0.39, 0.29) is 24.9 Å². The van der Waals surface area contributed by atoms with Gasteiger partial charge in [-0.2, -0.15) is 0 Å². The Morgan fingerprint density at radius 1 is 1.12 bits per heavy atom. The Kier molecular flexibility index (Phi) is 5.69. The fourth-order valence-corrected chi connectivity index (χ4v) is 2.75.